The average Bonchev–Trinajstić information content (AvgIpc) is 2.38. The standard InChI is InChI=1S/C15H19NO3/c17-14-2-1-9-16(11-14)10-13-5-3-12(4-6-13)7-8-15(18)19/h3-8,14,17H,1-2,9-11H2,(H,18,19)/b8-7+. The number of hydrogen-bond acceptors (Lipinski definition) is 3. The first-order chi connectivity index (χ1) is 9.13. The van der Waals surface area contributed by atoms with E-state index in [-0.39, 0.29) is 6.10 Å². The lowest BCUT2D eigenvalue weighted by atomic mass is 10.1. The minimum atomic E-state index is -0.939. The Balaban J connectivity index is 1.93. The Morgan fingerprint density at radius 1 is 1.37 bits per heavy atom. The molecule has 1 aromatic carbocycles. The first-order valence-corrected chi connectivity index (χ1v) is 6.54. The summed E-state index contributed by atoms with van der Waals surface area (Å²) in [6, 6.07) is 7.83. The molecule has 4 nitrogen and oxygen atoms in total. The van der Waals surface area contributed by atoms with Crippen molar-refractivity contribution in [3.8, 4) is 0 Å². The maximum Gasteiger partial charge on any atom is 0.328 e. The van der Waals surface area contributed by atoms with Gasteiger partial charge in [-0.2, -0.15) is 0 Å². The van der Waals surface area contributed by atoms with Crippen LogP contribution in [0.1, 0.15) is 24.0 Å². The highest BCUT2D eigenvalue weighted by Gasteiger charge is 2.17. The molecule has 2 rings (SSSR count). The summed E-state index contributed by atoms with van der Waals surface area (Å²) >= 11 is 0. The van der Waals surface area contributed by atoms with Crippen molar-refractivity contribution in [2.24, 2.45) is 0 Å². The number of carboxylic acid groups (broad SMARTS) is 1. The average molecular weight is 261 g/mol. The molecule has 0 spiro atoms. The SMILES string of the molecule is O=C(O)/C=C/c1ccc(CN2CCCC(O)C2)cc1. The molecule has 1 aromatic rings. The van der Waals surface area contributed by atoms with E-state index in [0.29, 0.717) is 0 Å². The Hall–Kier alpha value is -1.65. The molecule has 0 amide bonds. The van der Waals surface area contributed by atoms with E-state index in [0.717, 1.165) is 44.1 Å². The van der Waals surface area contributed by atoms with E-state index in [9.17, 15) is 9.90 Å². The second-order valence-electron chi connectivity index (χ2n) is 4.94. The molecule has 102 valence electrons. The normalized spacial score (nSPS) is 20.8. The Morgan fingerprint density at radius 3 is 2.74 bits per heavy atom. The molecule has 0 bridgehead atoms. The lowest BCUT2D eigenvalue weighted by molar-refractivity contribution is -0.131. The van der Waals surface area contributed by atoms with E-state index >= 15 is 0 Å². The number of β-amino-alcohol motifs (C(OH)–C–C–N with tert-alkyl or cyclic N) is 1. The summed E-state index contributed by atoms with van der Waals surface area (Å²) in [6.45, 7) is 2.60. The third kappa shape index (κ3) is 4.50. The van der Waals surface area contributed by atoms with Crippen LogP contribution in [0.5, 0.6) is 0 Å². The van der Waals surface area contributed by atoms with Crippen molar-refractivity contribution in [2.75, 3.05) is 13.1 Å². The van der Waals surface area contributed by atoms with E-state index < -0.39 is 5.97 Å². The Bertz CT molecular complexity index is 453. The van der Waals surface area contributed by atoms with E-state index in [1.54, 1.807) is 6.08 Å². The van der Waals surface area contributed by atoms with Gasteiger partial charge in [-0.15, -0.1) is 0 Å². The van der Waals surface area contributed by atoms with Crippen molar-refractivity contribution in [1.29, 1.82) is 0 Å². The van der Waals surface area contributed by atoms with Crippen molar-refractivity contribution in [3.63, 3.8) is 0 Å². The number of carboxylic acids is 1. The molecule has 0 aliphatic carbocycles. The molecule has 1 unspecified atom stereocenters. The maximum atomic E-state index is 10.4. The first-order valence-electron chi connectivity index (χ1n) is 6.54. The van der Waals surface area contributed by atoms with Crippen LogP contribution in [0.3, 0.4) is 0 Å². The number of rotatable bonds is 4. The van der Waals surface area contributed by atoms with E-state index in [1.807, 2.05) is 24.3 Å². The highest BCUT2D eigenvalue weighted by atomic mass is 16.4. The highest BCUT2D eigenvalue weighted by molar-refractivity contribution is 5.85. The summed E-state index contributed by atoms with van der Waals surface area (Å²) in [5.74, 6) is -0.939. The molecule has 0 radical (unpaired) electrons. The van der Waals surface area contributed by atoms with Crippen LogP contribution < -0.4 is 0 Å². The number of likely N-dealkylation sites (tertiary alicyclic amines) is 1. The fraction of sp³-hybridized carbons (Fsp3) is 0.400. The molecular formula is C15H19NO3. The maximum absolute atomic E-state index is 10.4. The van der Waals surface area contributed by atoms with Gasteiger partial charge in [-0.3, -0.25) is 4.90 Å². The number of piperidine rings is 1. The van der Waals surface area contributed by atoms with Gasteiger partial charge in [0.05, 0.1) is 6.10 Å². The third-order valence-electron chi connectivity index (χ3n) is 3.28. The van der Waals surface area contributed by atoms with Gasteiger partial charge in [-0.05, 0) is 36.6 Å². The molecule has 0 aromatic heterocycles. The lowest BCUT2D eigenvalue weighted by Gasteiger charge is -2.29. The number of aliphatic hydroxyl groups excluding tert-OH is 1. The molecule has 4 heteroatoms. The predicted molar refractivity (Wildman–Crippen MR) is 73.6 cm³/mol. The zero-order chi connectivity index (χ0) is 13.7. The van der Waals surface area contributed by atoms with Crippen molar-refractivity contribution in [1.82, 2.24) is 4.90 Å². The second-order valence-corrected chi connectivity index (χ2v) is 4.94. The van der Waals surface area contributed by atoms with E-state index in [2.05, 4.69) is 4.90 Å². The number of benzene rings is 1. The van der Waals surface area contributed by atoms with Crippen LogP contribution in [-0.4, -0.2) is 40.3 Å². The van der Waals surface area contributed by atoms with E-state index in [1.165, 1.54) is 5.56 Å². The summed E-state index contributed by atoms with van der Waals surface area (Å²) in [5.41, 5.74) is 2.06. The summed E-state index contributed by atoms with van der Waals surface area (Å²) in [4.78, 5) is 12.7. The summed E-state index contributed by atoms with van der Waals surface area (Å²) < 4.78 is 0. The summed E-state index contributed by atoms with van der Waals surface area (Å²) in [5, 5.41) is 18.2. The van der Waals surface area contributed by atoms with Crippen LogP contribution in [0.4, 0.5) is 0 Å². The molecule has 1 fully saturated rings. The Kier molecular flexibility index (Phi) is 4.71. The van der Waals surface area contributed by atoms with Crippen LogP contribution >= 0.6 is 0 Å². The van der Waals surface area contributed by atoms with Gasteiger partial charge in [0.15, 0.2) is 0 Å². The number of hydrogen-bond donors (Lipinski definition) is 2. The Labute approximate surface area is 113 Å². The van der Waals surface area contributed by atoms with Gasteiger partial charge in [-0.1, -0.05) is 24.3 Å². The molecular weight excluding hydrogens is 242 g/mol. The molecule has 2 N–H and O–H groups in total. The van der Waals surface area contributed by atoms with Crippen molar-refractivity contribution < 1.29 is 15.0 Å². The van der Waals surface area contributed by atoms with Crippen LogP contribution in [-0.2, 0) is 11.3 Å². The monoisotopic (exact) mass is 261 g/mol. The van der Waals surface area contributed by atoms with Gasteiger partial charge in [0.1, 0.15) is 0 Å². The number of aliphatic carboxylic acids is 1. The Morgan fingerprint density at radius 2 is 2.11 bits per heavy atom. The van der Waals surface area contributed by atoms with Gasteiger partial charge < -0.3 is 10.2 Å². The lowest BCUT2D eigenvalue weighted by Crippen LogP contribution is -2.37. The van der Waals surface area contributed by atoms with Gasteiger partial charge in [-0.25, -0.2) is 4.79 Å². The van der Waals surface area contributed by atoms with Gasteiger partial charge in [0.2, 0.25) is 0 Å². The largest absolute Gasteiger partial charge is 0.478 e. The quantitative estimate of drug-likeness (QED) is 0.810. The number of carbonyl (C=O) groups is 1. The summed E-state index contributed by atoms with van der Waals surface area (Å²) in [7, 11) is 0. The molecule has 1 atom stereocenters. The van der Waals surface area contributed by atoms with Crippen LogP contribution in [0.25, 0.3) is 6.08 Å². The van der Waals surface area contributed by atoms with Crippen molar-refractivity contribution >= 4 is 12.0 Å². The zero-order valence-electron chi connectivity index (χ0n) is 10.8. The zero-order valence-corrected chi connectivity index (χ0v) is 10.8. The van der Waals surface area contributed by atoms with Gasteiger partial charge in [0, 0.05) is 19.2 Å². The van der Waals surface area contributed by atoms with Crippen LogP contribution in [0, 0.1) is 0 Å². The summed E-state index contributed by atoms with van der Waals surface area (Å²) in [6.07, 6.45) is 4.45. The van der Waals surface area contributed by atoms with Gasteiger partial charge >= 0.3 is 5.97 Å². The molecule has 0 saturated carbocycles. The topological polar surface area (TPSA) is 60.8 Å². The fourth-order valence-corrected chi connectivity index (χ4v) is 2.33. The molecule has 19 heavy (non-hydrogen) atoms. The number of aliphatic hydroxyl groups is 1. The smallest absolute Gasteiger partial charge is 0.328 e. The van der Waals surface area contributed by atoms with Gasteiger partial charge in [0.25, 0.3) is 0 Å². The highest BCUT2D eigenvalue weighted by Crippen LogP contribution is 2.14. The minimum absolute atomic E-state index is 0.202. The van der Waals surface area contributed by atoms with Crippen molar-refractivity contribution in [2.45, 2.75) is 25.5 Å². The third-order valence-corrected chi connectivity index (χ3v) is 3.28. The number of nitrogens with zero attached hydrogens (tertiary/aromatic N) is 1. The van der Waals surface area contributed by atoms with E-state index in [4.69, 9.17) is 5.11 Å². The molecule has 1 aliphatic heterocycles. The predicted octanol–water partition coefficient (Wildman–Crippen LogP) is 1.74. The molecule has 1 saturated heterocycles. The fourth-order valence-electron chi connectivity index (χ4n) is 2.33. The molecule has 1 heterocycles. The molecule has 1 aliphatic rings. The minimum Gasteiger partial charge on any atom is -0.478 e. The second kappa shape index (κ2) is 6.50. The van der Waals surface area contributed by atoms with Crippen LogP contribution in [0.15, 0.2) is 30.3 Å². The first kappa shape index (κ1) is 13.8. The van der Waals surface area contributed by atoms with Crippen molar-refractivity contribution in [3.05, 3.63) is 41.5 Å². The van der Waals surface area contributed by atoms with Crippen LogP contribution in [0.2, 0.25) is 0 Å².